The number of hydrogen-bond acceptors (Lipinski definition) is 5. The summed E-state index contributed by atoms with van der Waals surface area (Å²) in [5.74, 6) is 3.95. The molecule has 0 aliphatic rings. The Bertz CT molecular complexity index is 832. The van der Waals surface area contributed by atoms with Crippen molar-refractivity contribution in [2.75, 3.05) is 34.0 Å². The molecule has 0 aliphatic heterocycles. The summed E-state index contributed by atoms with van der Waals surface area (Å²) >= 11 is 5.84. The number of ether oxygens (including phenoxy) is 4. The Kier molecular flexibility index (Phi) is 9.16. The molecule has 0 aliphatic carbocycles. The highest BCUT2D eigenvalue weighted by molar-refractivity contribution is 6.30. The molecule has 2 rings (SSSR count). The van der Waals surface area contributed by atoms with Gasteiger partial charge in [0.1, 0.15) is 19.0 Å². The minimum absolute atomic E-state index is 0.0962. The van der Waals surface area contributed by atoms with Gasteiger partial charge in [-0.15, -0.1) is 6.42 Å². The first kappa shape index (κ1) is 22.4. The zero-order valence-electron chi connectivity index (χ0n) is 16.4. The fraction of sp³-hybridized carbons (Fsp3) is 0.318. The fourth-order valence-corrected chi connectivity index (χ4v) is 2.63. The van der Waals surface area contributed by atoms with Crippen LogP contribution in [0.15, 0.2) is 42.5 Å². The van der Waals surface area contributed by atoms with Crippen molar-refractivity contribution >= 4 is 17.5 Å². The summed E-state index contributed by atoms with van der Waals surface area (Å²) in [5, 5.41) is 3.47. The van der Waals surface area contributed by atoms with Crippen molar-refractivity contribution in [3.8, 4) is 29.6 Å². The number of carbonyl (C=O) groups excluding carboxylic acids is 1. The zero-order chi connectivity index (χ0) is 21.1. The van der Waals surface area contributed by atoms with Crippen LogP contribution in [0.1, 0.15) is 5.56 Å². The molecule has 154 valence electrons. The summed E-state index contributed by atoms with van der Waals surface area (Å²) in [6.07, 6.45) is 5.10. The molecule has 1 amide bonds. The average molecular weight is 418 g/mol. The summed E-state index contributed by atoms with van der Waals surface area (Å²) in [7, 11) is 3.03. The van der Waals surface area contributed by atoms with Crippen molar-refractivity contribution in [1.29, 1.82) is 0 Å². The van der Waals surface area contributed by atoms with E-state index in [9.17, 15) is 4.79 Å². The lowest BCUT2D eigenvalue weighted by Crippen LogP contribution is -2.40. The maximum absolute atomic E-state index is 12.3. The molecular weight excluding hydrogens is 394 g/mol. The number of hydrogen-bond donors (Lipinski definition) is 1. The smallest absolute Gasteiger partial charge is 0.252 e. The largest absolute Gasteiger partial charge is 0.493 e. The van der Waals surface area contributed by atoms with E-state index in [1.807, 2.05) is 12.1 Å². The molecule has 2 aromatic rings. The van der Waals surface area contributed by atoms with Gasteiger partial charge in [0, 0.05) is 18.7 Å². The van der Waals surface area contributed by atoms with Crippen LogP contribution in [-0.2, 0) is 16.0 Å². The quantitative estimate of drug-likeness (QED) is 0.569. The molecule has 0 bridgehead atoms. The van der Waals surface area contributed by atoms with E-state index in [0.29, 0.717) is 35.2 Å². The van der Waals surface area contributed by atoms with Crippen LogP contribution in [-0.4, -0.2) is 46.0 Å². The zero-order valence-corrected chi connectivity index (χ0v) is 17.2. The third kappa shape index (κ3) is 7.22. The van der Waals surface area contributed by atoms with Gasteiger partial charge in [-0.2, -0.15) is 0 Å². The Morgan fingerprint density at radius 3 is 2.55 bits per heavy atom. The Labute approximate surface area is 176 Å². The summed E-state index contributed by atoms with van der Waals surface area (Å²) in [5.41, 5.74) is 0.988. The Morgan fingerprint density at radius 1 is 1.14 bits per heavy atom. The highest BCUT2D eigenvalue weighted by Crippen LogP contribution is 2.28. The monoisotopic (exact) mass is 417 g/mol. The van der Waals surface area contributed by atoms with Gasteiger partial charge in [-0.25, -0.2) is 0 Å². The highest BCUT2D eigenvalue weighted by Gasteiger charge is 2.18. The van der Waals surface area contributed by atoms with Crippen molar-refractivity contribution < 1.29 is 23.7 Å². The lowest BCUT2D eigenvalue weighted by molar-refractivity contribution is -0.132. The molecular formula is C22H24ClNO5. The van der Waals surface area contributed by atoms with Crippen molar-refractivity contribution in [3.63, 3.8) is 0 Å². The van der Waals surface area contributed by atoms with Crippen LogP contribution in [0.3, 0.4) is 0 Å². The van der Waals surface area contributed by atoms with Gasteiger partial charge in [0.2, 0.25) is 0 Å². The van der Waals surface area contributed by atoms with E-state index in [1.165, 1.54) is 7.11 Å². The van der Waals surface area contributed by atoms with Crippen LogP contribution < -0.4 is 19.5 Å². The Hall–Kier alpha value is -2.88. The van der Waals surface area contributed by atoms with Gasteiger partial charge >= 0.3 is 0 Å². The van der Waals surface area contributed by atoms with E-state index in [0.717, 1.165) is 5.56 Å². The first-order chi connectivity index (χ1) is 14.1. The predicted octanol–water partition coefficient (Wildman–Crippen LogP) is 3.11. The van der Waals surface area contributed by atoms with E-state index in [4.69, 9.17) is 37.0 Å². The molecule has 0 saturated heterocycles. The number of nitrogens with one attached hydrogen (secondary N) is 1. The van der Waals surface area contributed by atoms with Crippen LogP contribution in [0.5, 0.6) is 17.2 Å². The molecule has 0 radical (unpaired) electrons. The van der Waals surface area contributed by atoms with Crippen LogP contribution in [0.25, 0.3) is 0 Å². The average Bonchev–Trinajstić information content (AvgIpc) is 2.74. The van der Waals surface area contributed by atoms with Gasteiger partial charge in [-0.3, -0.25) is 4.79 Å². The molecule has 2 aromatic carbocycles. The van der Waals surface area contributed by atoms with Gasteiger partial charge < -0.3 is 24.3 Å². The summed E-state index contributed by atoms with van der Waals surface area (Å²) in [6.45, 7) is 0.703. The highest BCUT2D eigenvalue weighted by atomic mass is 35.5. The number of carbonyl (C=O) groups is 1. The molecule has 0 unspecified atom stereocenters. The molecule has 0 heterocycles. The first-order valence-electron chi connectivity index (χ1n) is 8.99. The summed E-state index contributed by atoms with van der Waals surface area (Å²) in [6, 6.07) is 12.5. The molecule has 7 heteroatoms. The second-order valence-electron chi connectivity index (χ2n) is 6.01. The van der Waals surface area contributed by atoms with E-state index in [1.54, 1.807) is 37.4 Å². The minimum atomic E-state index is -0.722. The van der Waals surface area contributed by atoms with Crippen LogP contribution in [0, 0.1) is 12.3 Å². The number of terminal acetylenes is 1. The Balaban J connectivity index is 1.82. The lowest BCUT2D eigenvalue weighted by Gasteiger charge is -2.16. The number of halogens is 1. The maximum Gasteiger partial charge on any atom is 0.252 e. The van der Waals surface area contributed by atoms with E-state index < -0.39 is 6.10 Å². The van der Waals surface area contributed by atoms with Crippen LogP contribution in [0.2, 0.25) is 5.02 Å². The minimum Gasteiger partial charge on any atom is -0.493 e. The van der Waals surface area contributed by atoms with Gasteiger partial charge in [-0.05, 0) is 48.4 Å². The van der Waals surface area contributed by atoms with Gasteiger partial charge in [0.05, 0.1) is 7.11 Å². The van der Waals surface area contributed by atoms with Crippen LogP contribution in [0.4, 0.5) is 0 Å². The van der Waals surface area contributed by atoms with Crippen molar-refractivity contribution in [1.82, 2.24) is 5.32 Å². The molecule has 1 N–H and O–H groups in total. The van der Waals surface area contributed by atoms with Crippen molar-refractivity contribution in [3.05, 3.63) is 53.1 Å². The third-order valence-corrected chi connectivity index (χ3v) is 4.30. The standard InChI is InChI=1S/C22H24ClNO5/c1-4-13-28-19-10-5-16(14-20(19)26-2)11-12-24-22(25)21(27-3)15-29-18-8-6-17(23)7-9-18/h1,5-10,14,21H,11-13,15H2,2-3H3,(H,24,25)/t21-/m0/s1. The second kappa shape index (κ2) is 11.8. The number of methoxy groups -OCH3 is 2. The van der Waals surface area contributed by atoms with E-state index >= 15 is 0 Å². The molecule has 1 atom stereocenters. The Morgan fingerprint density at radius 2 is 1.90 bits per heavy atom. The summed E-state index contributed by atoms with van der Waals surface area (Å²) < 4.78 is 21.6. The number of rotatable bonds is 11. The second-order valence-corrected chi connectivity index (χ2v) is 6.44. The predicted molar refractivity (Wildman–Crippen MR) is 112 cm³/mol. The van der Waals surface area contributed by atoms with E-state index in [2.05, 4.69) is 11.2 Å². The van der Waals surface area contributed by atoms with Crippen molar-refractivity contribution in [2.24, 2.45) is 0 Å². The topological polar surface area (TPSA) is 66.0 Å². The number of benzene rings is 2. The van der Waals surface area contributed by atoms with Crippen LogP contribution >= 0.6 is 11.6 Å². The normalized spacial score (nSPS) is 11.2. The van der Waals surface area contributed by atoms with Crippen molar-refractivity contribution in [2.45, 2.75) is 12.5 Å². The fourth-order valence-electron chi connectivity index (χ4n) is 2.50. The molecule has 6 nitrogen and oxygen atoms in total. The third-order valence-electron chi connectivity index (χ3n) is 4.04. The van der Waals surface area contributed by atoms with Gasteiger partial charge in [-0.1, -0.05) is 23.6 Å². The molecule has 29 heavy (non-hydrogen) atoms. The van der Waals surface area contributed by atoms with Gasteiger partial charge in [0.25, 0.3) is 5.91 Å². The maximum atomic E-state index is 12.3. The van der Waals surface area contributed by atoms with Gasteiger partial charge in [0.15, 0.2) is 17.6 Å². The molecule has 0 saturated carbocycles. The molecule has 0 fully saturated rings. The molecule has 0 aromatic heterocycles. The summed E-state index contributed by atoms with van der Waals surface area (Å²) in [4.78, 5) is 12.3. The number of amides is 1. The SMILES string of the molecule is C#CCOc1ccc(CCNC(=O)[C@H](COc2ccc(Cl)cc2)OC)cc1OC. The van der Waals surface area contributed by atoms with E-state index in [-0.39, 0.29) is 19.1 Å². The first-order valence-corrected chi connectivity index (χ1v) is 9.37. The molecule has 0 spiro atoms. The lowest BCUT2D eigenvalue weighted by atomic mass is 10.1.